The zero-order valence-electron chi connectivity index (χ0n) is 12.3. The molecule has 0 bridgehead atoms. The van der Waals surface area contributed by atoms with Gasteiger partial charge in [0.1, 0.15) is 0 Å². The highest BCUT2D eigenvalue weighted by molar-refractivity contribution is 5.99. The molecule has 1 atom stereocenters. The average molecular weight is 247 g/mol. The second-order valence-corrected chi connectivity index (χ2v) is 5.06. The third-order valence-electron chi connectivity index (χ3n) is 3.65. The maximum atomic E-state index is 12.3. The highest BCUT2D eigenvalue weighted by Gasteiger charge is 2.16. The lowest BCUT2D eigenvalue weighted by molar-refractivity contribution is 0.0902. The van der Waals surface area contributed by atoms with Crippen molar-refractivity contribution in [1.82, 2.24) is 4.90 Å². The molecule has 0 saturated heterocycles. The zero-order chi connectivity index (χ0) is 13.7. The van der Waals surface area contributed by atoms with Crippen molar-refractivity contribution >= 4 is 5.78 Å². The molecule has 0 aliphatic heterocycles. The normalized spacial score (nSPS) is 12.8. The fraction of sp³-hybridized carbons (Fsp3) is 0.562. The number of carbonyl (C=O) groups excluding carboxylic acids is 1. The van der Waals surface area contributed by atoms with Gasteiger partial charge in [0.15, 0.2) is 5.78 Å². The maximum absolute atomic E-state index is 12.3. The zero-order valence-corrected chi connectivity index (χ0v) is 12.3. The van der Waals surface area contributed by atoms with Gasteiger partial charge in [-0.2, -0.15) is 0 Å². The summed E-state index contributed by atoms with van der Waals surface area (Å²) in [5, 5.41) is 0. The predicted molar refractivity (Wildman–Crippen MR) is 77.2 cm³/mol. The molecule has 1 aromatic rings. The number of hydrogen-bond acceptors (Lipinski definition) is 2. The Labute approximate surface area is 111 Å². The highest BCUT2D eigenvalue weighted by Crippen LogP contribution is 2.13. The van der Waals surface area contributed by atoms with Crippen LogP contribution in [0.3, 0.4) is 0 Å². The molecule has 0 radical (unpaired) electrons. The monoisotopic (exact) mass is 247 g/mol. The Morgan fingerprint density at radius 2 is 1.94 bits per heavy atom. The van der Waals surface area contributed by atoms with Crippen molar-refractivity contribution < 1.29 is 4.79 Å². The Bertz CT molecular complexity index is 412. The Kier molecular flexibility index (Phi) is 5.54. The summed E-state index contributed by atoms with van der Waals surface area (Å²) in [6, 6.07) is 6.51. The lowest BCUT2D eigenvalue weighted by atomic mass is 10.0. The molecule has 2 heteroatoms. The first-order valence-corrected chi connectivity index (χ1v) is 6.84. The Hall–Kier alpha value is -1.15. The molecule has 0 N–H and O–H groups in total. The molecule has 0 fully saturated rings. The maximum Gasteiger partial charge on any atom is 0.177 e. The summed E-state index contributed by atoms with van der Waals surface area (Å²) in [6.45, 7) is 12.0. The van der Waals surface area contributed by atoms with Crippen LogP contribution in [-0.4, -0.2) is 29.8 Å². The minimum atomic E-state index is 0.231. The fourth-order valence-electron chi connectivity index (χ4n) is 2.23. The molecular formula is C16H25NO. The van der Waals surface area contributed by atoms with Crippen molar-refractivity contribution in [2.75, 3.05) is 13.1 Å². The molecule has 18 heavy (non-hydrogen) atoms. The molecule has 0 amide bonds. The van der Waals surface area contributed by atoms with Gasteiger partial charge in [-0.25, -0.2) is 0 Å². The Morgan fingerprint density at radius 3 is 2.44 bits per heavy atom. The van der Waals surface area contributed by atoms with Crippen molar-refractivity contribution in [3.05, 3.63) is 34.9 Å². The van der Waals surface area contributed by atoms with E-state index < -0.39 is 0 Å². The van der Waals surface area contributed by atoms with Gasteiger partial charge < -0.3 is 0 Å². The van der Waals surface area contributed by atoms with Crippen LogP contribution in [0.2, 0.25) is 0 Å². The molecule has 1 rings (SSSR count). The Morgan fingerprint density at radius 1 is 1.28 bits per heavy atom. The van der Waals surface area contributed by atoms with Crippen molar-refractivity contribution in [2.45, 2.75) is 47.1 Å². The Balaban J connectivity index is 2.81. The quantitative estimate of drug-likeness (QED) is 0.716. The molecule has 1 aromatic carbocycles. The van der Waals surface area contributed by atoms with Crippen molar-refractivity contribution in [3.8, 4) is 0 Å². The van der Waals surface area contributed by atoms with Crippen LogP contribution in [0.5, 0.6) is 0 Å². The third kappa shape index (κ3) is 3.67. The summed E-state index contributed by atoms with van der Waals surface area (Å²) in [4.78, 5) is 14.6. The van der Waals surface area contributed by atoms with Crippen molar-refractivity contribution in [2.24, 2.45) is 0 Å². The highest BCUT2D eigenvalue weighted by atomic mass is 16.1. The van der Waals surface area contributed by atoms with Gasteiger partial charge in [-0.05, 0) is 39.3 Å². The number of hydrogen-bond donors (Lipinski definition) is 0. The van der Waals surface area contributed by atoms with Crippen LogP contribution >= 0.6 is 0 Å². The van der Waals surface area contributed by atoms with Gasteiger partial charge in [0.2, 0.25) is 0 Å². The number of carbonyl (C=O) groups is 1. The van der Waals surface area contributed by atoms with Gasteiger partial charge in [0.05, 0.1) is 6.54 Å². The number of benzene rings is 1. The van der Waals surface area contributed by atoms with Crippen LogP contribution in [0.15, 0.2) is 18.2 Å². The van der Waals surface area contributed by atoms with E-state index in [1.54, 1.807) is 0 Å². The minimum absolute atomic E-state index is 0.231. The standard InChI is InChI=1S/C16H25NO/c1-6-14(5)17(7-2)11-16(18)15-9-8-12(3)10-13(15)4/h8-10,14H,6-7,11H2,1-5H3. The molecule has 100 valence electrons. The van der Waals surface area contributed by atoms with Crippen LogP contribution < -0.4 is 0 Å². The smallest absolute Gasteiger partial charge is 0.177 e. The largest absolute Gasteiger partial charge is 0.293 e. The van der Waals surface area contributed by atoms with Gasteiger partial charge in [-0.15, -0.1) is 0 Å². The van der Waals surface area contributed by atoms with E-state index in [4.69, 9.17) is 0 Å². The lowest BCUT2D eigenvalue weighted by Crippen LogP contribution is -2.37. The number of Topliss-reactive ketones (excluding diaryl/α,β-unsaturated/α-hetero) is 1. The van der Waals surface area contributed by atoms with E-state index >= 15 is 0 Å². The average Bonchev–Trinajstić information content (AvgIpc) is 2.34. The first-order chi connectivity index (χ1) is 8.49. The summed E-state index contributed by atoms with van der Waals surface area (Å²) in [5.41, 5.74) is 3.15. The van der Waals surface area contributed by atoms with Gasteiger partial charge in [0, 0.05) is 11.6 Å². The molecule has 0 heterocycles. The third-order valence-corrected chi connectivity index (χ3v) is 3.65. The summed E-state index contributed by atoms with van der Waals surface area (Å²) in [6.07, 6.45) is 1.08. The van der Waals surface area contributed by atoms with Crippen LogP contribution in [0.1, 0.15) is 48.7 Å². The summed E-state index contributed by atoms with van der Waals surface area (Å²) in [5.74, 6) is 0.231. The molecule has 2 nitrogen and oxygen atoms in total. The second-order valence-electron chi connectivity index (χ2n) is 5.06. The van der Waals surface area contributed by atoms with E-state index in [2.05, 4.69) is 38.7 Å². The fourth-order valence-corrected chi connectivity index (χ4v) is 2.23. The molecule has 0 aromatic heterocycles. The molecule has 0 aliphatic rings. The van der Waals surface area contributed by atoms with Crippen molar-refractivity contribution in [1.29, 1.82) is 0 Å². The minimum Gasteiger partial charge on any atom is -0.293 e. The van der Waals surface area contributed by atoms with Gasteiger partial charge in [0.25, 0.3) is 0 Å². The number of nitrogens with zero attached hydrogens (tertiary/aromatic N) is 1. The first-order valence-electron chi connectivity index (χ1n) is 6.84. The number of aryl methyl sites for hydroxylation is 2. The summed E-state index contributed by atoms with van der Waals surface area (Å²) in [7, 11) is 0. The molecular weight excluding hydrogens is 222 g/mol. The number of rotatable bonds is 6. The molecule has 0 spiro atoms. The number of likely N-dealkylation sites (N-methyl/N-ethyl adjacent to an activating group) is 1. The topological polar surface area (TPSA) is 20.3 Å². The van der Waals surface area contributed by atoms with Crippen LogP contribution in [0, 0.1) is 13.8 Å². The van der Waals surface area contributed by atoms with Gasteiger partial charge in [-0.1, -0.05) is 37.6 Å². The van der Waals surface area contributed by atoms with E-state index in [9.17, 15) is 4.79 Å². The van der Waals surface area contributed by atoms with E-state index in [0.29, 0.717) is 12.6 Å². The van der Waals surface area contributed by atoms with E-state index in [-0.39, 0.29) is 5.78 Å². The van der Waals surface area contributed by atoms with Crippen molar-refractivity contribution in [3.63, 3.8) is 0 Å². The first kappa shape index (κ1) is 14.9. The molecule has 0 saturated carbocycles. The molecule has 0 aliphatic carbocycles. The van der Waals surface area contributed by atoms with E-state index in [1.807, 2.05) is 19.1 Å². The van der Waals surface area contributed by atoms with Crippen LogP contribution in [-0.2, 0) is 0 Å². The summed E-state index contributed by atoms with van der Waals surface area (Å²) < 4.78 is 0. The van der Waals surface area contributed by atoms with Crippen LogP contribution in [0.25, 0.3) is 0 Å². The van der Waals surface area contributed by atoms with Gasteiger partial charge in [-0.3, -0.25) is 9.69 Å². The predicted octanol–water partition coefficient (Wildman–Crippen LogP) is 3.61. The second kappa shape index (κ2) is 6.69. The molecule has 1 unspecified atom stereocenters. The number of ketones is 1. The van der Waals surface area contributed by atoms with E-state index in [0.717, 1.165) is 24.1 Å². The van der Waals surface area contributed by atoms with E-state index in [1.165, 1.54) is 5.56 Å². The van der Waals surface area contributed by atoms with Crippen LogP contribution in [0.4, 0.5) is 0 Å². The summed E-state index contributed by atoms with van der Waals surface area (Å²) >= 11 is 0. The SMILES string of the molecule is CCC(C)N(CC)CC(=O)c1ccc(C)cc1C. The van der Waals surface area contributed by atoms with Gasteiger partial charge >= 0.3 is 0 Å². The lowest BCUT2D eigenvalue weighted by Gasteiger charge is -2.26.